The lowest BCUT2D eigenvalue weighted by molar-refractivity contribution is 0.174. The predicted octanol–water partition coefficient (Wildman–Crippen LogP) is 3.18. The Kier molecular flexibility index (Phi) is 3.25. The highest BCUT2D eigenvalue weighted by Gasteiger charge is 2.19. The fourth-order valence-electron chi connectivity index (χ4n) is 1.83. The van der Waals surface area contributed by atoms with Crippen LogP contribution in [-0.2, 0) is 12.0 Å². The fraction of sp³-hybridized carbons (Fsp3) is 0.429. The smallest absolute Gasteiger partial charge is 0.231 e. The molecule has 0 saturated heterocycles. The number of nitrogens with one attached hydrogen (secondary N) is 1. The number of fused-ring (bicyclic) bond motifs is 1. The van der Waals surface area contributed by atoms with Crippen molar-refractivity contribution in [1.29, 1.82) is 0 Å². The summed E-state index contributed by atoms with van der Waals surface area (Å²) >= 11 is 1.39. The van der Waals surface area contributed by atoms with E-state index in [9.17, 15) is 0 Å². The molecule has 0 unspecified atom stereocenters. The minimum Gasteiger partial charge on any atom is -0.454 e. The quantitative estimate of drug-likeness (QED) is 0.941. The molecule has 1 aromatic carbocycles. The average molecular weight is 291 g/mol. The molecule has 5 nitrogen and oxygen atoms in total. The van der Waals surface area contributed by atoms with Crippen LogP contribution in [-0.4, -0.2) is 16.2 Å². The molecule has 0 saturated carbocycles. The van der Waals surface area contributed by atoms with Crippen LogP contribution in [0.25, 0.3) is 0 Å². The van der Waals surface area contributed by atoms with E-state index in [1.165, 1.54) is 11.5 Å². The van der Waals surface area contributed by atoms with Gasteiger partial charge in [-0.05, 0) is 17.7 Å². The lowest BCUT2D eigenvalue weighted by Crippen LogP contribution is -2.13. The summed E-state index contributed by atoms with van der Waals surface area (Å²) in [6, 6.07) is 5.94. The number of rotatable bonds is 3. The first-order chi connectivity index (χ1) is 9.52. The highest BCUT2D eigenvalue weighted by Crippen LogP contribution is 2.32. The van der Waals surface area contributed by atoms with E-state index in [2.05, 4.69) is 35.4 Å². The highest BCUT2D eigenvalue weighted by molar-refractivity contribution is 7.09. The zero-order valence-corrected chi connectivity index (χ0v) is 12.6. The van der Waals surface area contributed by atoms with Gasteiger partial charge in [-0.3, -0.25) is 0 Å². The minimum absolute atomic E-state index is 0.0187. The first-order valence-electron chi connectivity index (χ1n) is 6.49. The maximum absolute atomic E-state index is 5.36. The topological polar surface area (TPSA) is 56.3 Å². The lowest BCUT2D eigenvalue weighted by atomic mass is 9.96. The van der Waals surface area contributed by atoms with Crippen molar-refractivity contribution in [2.24, 2.45) is 0 Å². The molecular weight excluding hydrogens is 274 g/mol. The van der Waals surface area contributed by atoms with Crippen molar-refractivity contribution < 1.29 is 9.47 Å². The molecule has 1 aromatic heterocycles. The summed E-state index contributed by atoms with van der Waals surface area (Å²) < 4.78 is 15.0. The largest absolute Gasteiger partial charge is 0.454 e. The zero-order chi connectivity index (χ0) is 14.2. The molecule has 0 bridgehead atoms. The Hall–Kier alpha value is -1.82. The summed E-state index contributed by atoms with van der Waals surface area (Å²) in [5, 5.41) is 4.13. The molecule has 3 rings (SSSR count). The van der Waals surface area contributed by atoms with Gasteiger partial charge in [-0.25, -0.2) is 4.98 Å². The summed E-state index contributed by atoms with van der Waals surface area (Å²) in [6.45, 7) is 7.32. The van der Waals surface area contributed by atoms with Gasteiger partial charge in [0.05, 0.1) is 0 Å². The summed E-state index contributed by atoms with van der Waals surface area (Å²) in [5.74, 6) is 2.48. The number of nitrogens with zero attached hydrogens (tertiary/aromatic N) is 2. The fourth-order valence-corrected chi connectivity index (χ4v) is 2.58. The van der Waals surface area contributed by atoms with Crippen LogP contribution in [0.2, 0.25) is 0 Å². The van der Waals surface area contributed by atoms with E-state index in [0.29, 0.717) is 13.3 Å². The van der Waals surface area contributed by atoms with Crippen LogP contribution in [0, 0.1) is 0 Å². The van der Waals surface area contributed by atoms with Crippen molar-refractivity contribution in [3.05, 3.63) is 29.6 Å². The van der Waals surface area contributed by atoms with Gasteiger partial charge in [0.25, 0.3) is 0 Å². The average Bonchev–Trinajstić information content (AvgIpc) is 3.04. The summed E-state index contributed by atoms with van der Waals surface area (Å²) in [5.41, 5.74) is 1.11. The SMILES string of the molecule is CC(C)(C)c1nsc(NCc2ccc3c(c2)OCO3)n1. The molecule has 106 valence electrons. The Morgan fingerprint density at radius 2 is 2.05 bits per heavy atom. The molecule has 1 aliphatic rings. The van der Waals surface area contributed by atoms with E-state index in [1.54, 1.807) is 0 Å². The van der Waals surface area contributed by atoms with Crippen LogP contribution < -0.4 is 14.8 Å². The Balaban J connectivity index is 1.66. The number of aromatic nitrogens is 2. The Labute approximate surface area is 122 Å². The van der Waals surface area contributed by atoms with E-state index in [1.807, 2.05) is 18.2 Å². The molecule has 2 heterocycles. The summed E-state index contributed by atoms with van der Waals surface area (Å²) in [7, 11) is 0. The second-order valence-electron chi connectivity index (χ2n) is 5.71. The van der Waals surface area contributed by atoms with Gasteiger partial charge < -0.3 is 14.8 Å². The van der Waals surface area contributed by atoms with Crippen molar-refractivity contribution >= 4 is 16.7 Å². The van der Waals surface area contributed by atoms with Gasteiger partial charge in [-0.1, -0.05) is 26.8 Å². The number of hydrogen-bond acceptors (Lipinski definition) is 6. The number of ether oxygens (including phenoxy) is 2. The molecule has 20 heavy (non-hydrogen) atoms. The summed E-state index contributed by atoms with van der Waals surface area (Å²) in [4.78, 5) is 4.51. The van der Waals surface area contributed by atoms with Crippen molar-refractivity contribution in [2.75, 3.05) is 12.1 Å². The van der Waals surface area contributed by atoms with Gasteiger partial charge in [0.2, 0.25) is 11.9 Å². The third kappa shape index (κ3) is 2.70. The second-order valence-corrected chi connectivity index (χ2v) is 6.47. The Morgan fingerprint density at radius 3 is 2.80 bits per heavy atom. The van der Waals surface area contributed by atoms with E-state index < -0.39 is 0 Å². The van der Waals surface area contributed by atoms with Crippen molar-refractivity contribution in [3.8, 4) is 11.5 Å². The normalized spacial score (nSPS) is 13.6. The van der Waals surface area contributed by atoms with Crippen molar-refractivity contribution in [3.63, 3.8) is 0 Å². The standard InChI is InChI=1S/C14H17N3O2S/c1-14(2,3)12-16-13(20-17-12)15-7-9-4-5-10-11(6-9)19-8-18-10/h4-6H,7-8H2,1-3H3,(H,15,16,17). The molecule has 0 radical (unpaired) electrons. The molecule has 6 heteroatoms. The minimum atomic E-state index is -0.0187. The number of anilines is 1. The van der Waals surface area contributed by atoms with Crippen molar-refractivity contribution in [1.82, 2.24) is 9.36 Å². The van der Waals surface area contributed by atoms with Crippen LogP contribution in [0.3, 0.4) is 0 Å². The maximum Gasteiger partial charge on any atom is 0.231 e. The molecular formula is C14H17N3O2S. The van der Waals surface area contributed by atoms with Crippen LogP contribution in [0.4, 0.5) is 5.13 Å². The third-order valence-electron chi connectivity index (χ3n) is 2.98. The van der Waals surface area contributed by atoms with Crippen LogP contribution >= 0.6 is 11.5 Å². The van der Waals surface area contributed by atoms with E-state index >= 15 is 0 Å². The molecule has 0 spiro atoms. The van der Waals surface area contributed by atoms with Crippen LogP contribution in [0.5, 0.6) is 11.5 Å². The molecule has 0 aliphatic carbocycles. The summed E-state index contributed by atoms with van der Waals surface area (Å²) in [6.07, 6.45) is 0. The van der Waals surface area contributed by atoms with Gasteiger partial charge >= 0.3 is 0 Å². The first kappa shape index (κ1) is 13.2. The number of benzene rings is 1. The van der Waals surface area contributed by atoms with E-state index in [-0.39, 0.29) is 5.41 Å². The molecule has 1 N–H and O–H groups in total. The molecule has 0 atom stereocenters. The number of hydrogen-bond donors (Lipinski definition) is 1. The lowest BCUT2D eigenvalue weighted by Gasteiger charge is -2.12. The van der Waals surface area contributed by atoms with Gasteiger partial charge in [0, 0.05) is 23.5 Å². The van der Waals surface area contributed by atoms with Gasteiger partial charge in [0.1, 0.15) is 5.82 Å². The van der Waals surface area contributed by atoms with Gasteiger partial charge in [-0.15, -0.1) is 0 Å². The predicted molar refractivity (Wildman–Crippen MR) is 78.5 cm³/mol. The Morgan fingerprint density at radius 1 is 1.25 bits per heavy atom. The maximum atomic E-state index is 5.36. The van der Waals surface area contributed by atoms with Crippen LogP contribution in [0.15, 0.2) is 18.2 Å². The van der Waals surface area contributed by atoms with E-state index in [0.717, 1.165) is 28.0 Å². The highest BCUT2D eigenvalue weighted by atomic mass is 32.1. The van der Waals surface area contributed by atoms with Crippen LogP contribution in [0.1, 0.15) is 32.2 Å². The van der Waals surface area contributed by atoms with Crippen molar-refractivity contribution in [2.45, 2.75) is 32.7 Å². The Bertz CT molecular complexity index is 619. The monoisotopic (exact) mass is 291 g/mol. The van der Waals surface area contributed by atoms with Gasteiger partial charge in [0.15, 0.2) is 11.5 Å². The molecule has 0 fully saturated rings. The first-order valence-corrected chi connectivity index (χ1v) is 7.26. The molecule has 2 aromatic rings. The second kappa shape index (κ2) is 4.94. The molecule has 1 aliphatic heterocycles. The van der Waals surface area contributed by atoms with Gasteiger partial charge in [-0.2, -0.15) is 4.37 Å². The molecule has 0 amide bonds. The van der Waals surface area contributed by atoms with E-state index in [4.69, 9.17) is 9.47 Å². The zero-order valence-electron chi connectivity index (χ0n) is 11.8. The third-order valence-corrected chi connectivity index (χ3v) is 3.65.